The molecular weight excluding hydrogens is 340 g/mol. The number of nitro benzene ring substituents is 1. The molecular formula is C13H13BrN4O3. The number of benzene rings is 1. The van der Waals surface area contributed by atoms with Crippen LogP contribution in [-0.4, -0.2) is 14.9 Å². The smallest absolute Gasteiger partial charge is 0.274 e. The van der Waals surface area contributed by atoms with E-state index in [0.717, 1.165) is 0 Å². The number of nitrogens with zero attached hydrogens (tertiary/aromatic N) is 3. The van der Waals surface area contributed by atoms with Gasteiger partial charge < -0.3 is 10.5 Å². The number of halogens is 1. The van der Waals surface area contributed by atoms with Crippen molar-refractivity contribution < 1.29 is 9.66 Å². The molecule has 110 valence electrons. The summed E-state index contributed by atoms with van der Waals surface area (Å²) < 4.78 is 6.18. The molecule has 0 unspecified atom stereocenters. The van der Waals surface area contributed by atoms with Gasteiger partial charge in [-0.15, -0.1) is 0 Å². The topological polar surface area (TPSA) is 104 Å². The fourth-order valence-corrected chi connectivity index (χ4v) is 2.10. The first-order valence-corrected chi connectivity index (χ1v) is 6.95. The molecule has 0 saturated carbocycles. The molecule has 2 N–H and O–H groups in total. The quantitative estimate of drug-likeness (QED) is 0.667. The van der Waals surface area contributed by atoms with Gasteiger partial charge in [0.05, 0.1) is 16.6 Å². The Morgan fingerprint density at radius 2 is 2.10 bits per heavy atom. The van der Waals surface area contributed by atoms with Crippen LogP contribution >= 0.6 is 15.9 Å². The molecule has 0 aliphatic carbocycles. The van der Waals surface area contributed by atoms with Crippen molar-refractivity contribution in [2.24, 2.45) is 0 Å². The molecule has 1 aromatic carbocycles. The average Bonchev–Trinajstić information content (AvgIpc) is 2.42. The third-order valence-electron chi connectivity index (χ3n) is 2.78. The van der Waals surface area contributed by atoms with Crippen molar-refractivity contribution in [3.05, 3.63) is 44.2 Å². The first kappa shape index (κ1) is 15.2. The highest BCUT2D eigenvalue weighted by Crippen LogP contribution is 2.31. The van der Waals surface area contributed by atoms with Crippen molar-refractivity contribution in [2.45, 2.75) is 20.3 Å². The number of nitro groups is 1. The Morgan fingerprint density at radius 1 is 1.38 bits per heavy atom. The normalized spacial score (nSPS) is 10.4. The molecule has 1 aromatic heterocycles. The Kier molecular flexibility index (Phi) is 4.37. The minimum atomic E-state index is -0.490. The van der Waals surface area contributed by atoms with E-state index in [1.54, 1.807) is 13.0 Å². The van der Waals surface area contributed by atoms with Crippen molar-refractivity contribution in [1.29, 1.82) is 0 Å². The maximum absolute atomic E-state index is 10.9. The van der Waals surface area contributed by atoms with Gasteiger partial charge in [0.1, 0.15) is 17.4 Å². The van der Waals surface area contributed by atoms with Crippen LogP contribution in [0.1, 0.15) is 18.3 Å². The van der Waals surface area contributed by atoms with E-state index in [0.29, 0.717) is 39.7 Å². The summed E-state index contributed by atoms with van der Waals surface area (Å²) >= 11 is 3.21. The Balaban J connectivity index is 2.42. The van der Waals surface area contributed by atoms with Crippen LogP contribution in [0.5, 0.6) is 11.6 Å². The van der Waals surface area contributed by atoms with Crippen molar-refractivity contribution in [3.8, 4) is 11.6 Å². The fourth-order valence-electron chi connectivity index (χ4n) is 1.64. The van der Waals surface area contributed by atoms with Crippen LogP contribution < -0.4 is 10.5 Å². The summed E-state index contributed by atoms with van der Waals surface area (Å²) in [5.41, 5.74) is 6.33. The summed E-state index contributed by atoms with van der Waals surface area (Å²) in [6.07, 6.45) is 0.611. The van der Waals surface area contributed by atoms with Gasteiger partial charge in [-0.25, -0.2) is 4.98 Å². The molecule has 0 spiro atoms. The lowest BCUT2D eigenvalue weighted by atomic mass is 10.3. The lowest BCUT2D eigenvalue weighted by molar-refractivity contribution is -0.385. The van der Waals surface area contributed by atoms with Gasteiger partial charge in [-0.1, -0.05) is 22.9 Å². The van der Waals surface area contributed by atoms with E-state index in [1.807, 2.05) is 6.92 Å². The molecule has 8 heteroatoms. The number of nitrogens with two attached hydrogens (primary N) is 1. The number of aryl methyl sites for hydroxylation is 1. The van der Waals surface area contributed by atoms with Crippen molar-refractivity contribution in [3.63, 3.8) is 0 Å². The minimum absolute atomic E-state index is 0.0743. The zero-order valence-electron chi connectivity index (χ0n) is 11.5. The minimum Gasteiger partial charge on any atom is -0.438 e. The number of ether oxygens (including phenoxy) is 1. The zero-order chi connectivity index (χ0) is 15.6. The standard InChI is InChI=1S/C13H13BrN4O3/c1-3-11-16-12(15)7(2)13(17-11)21-10-5-8(14)4-9(6-10)18(19)20/h4-6H,3H2,1-2H3,(H2,15,16,17). The van der Waals surface area contributed by atoms with E-state index >= 15 is 0 Å². The summed E-state index contributed by atoms with van der Waals surface area (Å²) in [6.45, 7) is 3.63. The highest BCUT2D eigenvalue weighted by atomic mass is 79.9. The van der Waals surface area contributed by atoms with Crippen LogP contribution in [0.15, 0.2) is 22.7 Å². The molecule has 0 atom stereocenters. The predicted octanol–water partition coefficient (Wildman–Crippen LogP) is 3.39. The van der Waals surface area contributed by atoms with E-state index in [2.05, 4.69) is 25.9 Å². The molecule has 0 bridgehead atoms. The molecule has 2 aromatic rings. The molecule has 0 radical (unpaired) electrons. The van der Waals surface area contributed by atoms with Gasteiger partial charge in [0, 0.05) is 17.0 Å². The third-order valence-corrected chi connectivity index (χ3v) is 3.24. The summed E-state index contributed by atoms with van der Waals surface area (Å²) in [6, 6.07) is 4.34. The first-order valence-electron chi connectivity index (χ1n) is 6.16. The monoisotopic (exact) mass is 352 g/mol. The van der Waals surface area contributed by atoms with Crippen LogP contribution in [0, 0.1) is 17.0 Å². The largest absolute Gasteiger partial charge is 0.438 e. The lowest BCUT2D eigenvalue weighted by Gasteiger charge is -2.10. The van der Waals surface area contributed by atoms with Crippen molar-refractivity contribution in [2.75, 3.05) is 5.73 Å². The number of hydrogen-bond acceptors (Lipinski definition) is 6. The number of hydrogen-bond donors (Lipinski definition) is 1. The van der Waals surface area contributed by atoms with E-state index in [4.69, 9.17) is 10.5 Å². The van der Waals surface area contributed by atoms with Crippen LogP contribution in [0.25, 0.3) is 0 Å². The van der Waals surface area contributed by atoms with Gasteiger partial charge in [-0.2, -0.15) is 4.98 Å². The van der Waals surface area contributed by atoms with E-state index < -0.39 is 4.92 Å². The summed E-state index contributed by atoms with van der Waals surface area (Å²) in [5, 5.41) is 10.9. The second kappa shape index (κ2) is 6.04. The molecule has 21 heavy (non-hydrogen) atoms. The molecule has 0 aliphatic heterocycles. The molecule has 0 aliphatic rings. The van der Waals surface area contributed by atoms with Crippen LogP contribution in [0.4, 0.5) is 11.5 Å². The number of nitrogen functional groups attached to an aromatic ring is 1. The maximum atomic E-state index is 10.9. The van der Waals surface area contributed by atoms with Gasteiger partial charge in [0.25, 0.3) is 5.69 Å². The van der Waals surface area contributed by atoms with Crippen molar-refractivity contribution in [1.82, 2.24) is 9.97 Å². The van der Waals surface area contributed by atoms with Gasteiger partial charge in [-0.05, 0) is 13.0 Å². The Bertz CT molecular complexity index is 706. The number of anilines is 1. The van der Waals surface area contributed by atoms with E-state index in [1.165, 1.54) is 12.1 Å². The molecule has 0 amide bonds. The van der Waals surface area contributed by atoms with Gasteiger partial charge in [0.15, 0.2) is 0 Å². The van der Waals surface area contributed by atoms with E-state index in [9.17, 15) is 10.1 Å². The molecule has 2 rings (SSSR count). The fraction of sp³-hybridized carbons (Fsp3) is 0.231. The second-order valence-corrected chi connectivity index (χ2v) is 5.23. The lowest BCUT2D eigenvalue weighted by Crippen LogP contribution is -2.04. The highest BCUT2D eigenvalue weighted by Gasteiger charge is 2.14. The van der Waals surface area contributed by atoms with Crippen LogP contribution in [0.3, 0.4) is 0 Å². The van der Waals surface area contributed by atoms with Crippen molar-refractivity contribution >= 4 is 27.4 Å². The highest BCUT2D eigenvalue weighted by molar-refractivity contribution is 9.10. The number of aromatic nitrogens is 2. The Morgan fingerprint density at radius 3 is 2.71 bits per heavy atom. The third kappa shape index (κ3) is 3.46. The number of non-ortho nitro benzene ring substituents is 1. The van der Waals surface area contributed by atoms with Crippen LogP contribution in [-0.2, 0) is 6.42 Å². The van der Waals surface area contributed by atoms with Gasteiger partial charge in [0.2, 0.25) is 5.88 Å². The molecule has 7 nitrogen and oxygen atoms in total. The van der Waals surface area contributed by atoms with E-state index in [-0.39, 0.29) is 5.69 Å². The molecule has 1 heterocycles. The Labute approximate surface area is 129 Å². The second-order valence-electron chi connectivity index (χ2n) is 4.31. The van der Waals surface area contributed by atoms with Gasteiger partial charge >= 0.3 is 0 Å². The predicted molar refractivity (Wildman–Crippen MR) is 81.4 cm³/mol. The Hall–Kier alpha value is -2.22. The summed E-state index contributed by atoms with van der Waals surface area (Å²) in [5.74, 6) is 1.49. The first-order chi connectivity index (χ1) is 9.90. The molecule has 0 saturated heterocycles. The zero-order valence-corrected chi connectivity index (χ0v) is 13.0. The van der Waals surface area contributed by atoms with Crippen LogP contribution in [0.2, 0.25) is 0 Å². The average molecular weight is 353 g/mol. The summed E-state index contributed by atoms with van der Waals surface area (Å²) in [7, 11) is 0. The summed E-state index contributed by atoms with van der Waals surface area (Å²) in [4.78, 5) is 18.8. The molecule has 0 fully saturated rings. The number of rotatable bonds is 4. The maximum Gasteiger partial charge on any atom is 0.274 e. The SMILES string of the molecule is CCc1nc(N)c(C)c(Oc2cc(Br)cc([N+](=O)[O-])c2)n1. The van der Waals surface area contributed by atoms with Gasteiger partial charge in [-0.3, -0.25) is 10.1 Å².